The molecule has 1 saturated heterocycles. The van der Waals surface area contributed by atoms with Crippen molar-refractivity contribution in [3.05, 3.63) is 20.8 Å². The van der Waals surface area contributed by atoms with Crippen LogP contribution in [0, 0.1) is 0 Å². The van der Waals surface area contributed by atoms with Crippen molar-refractivity contribution in [3.63, 3.8) is 0 Å². The van der Waals surface area contributed by atoms with Crippen molar-refractivity contribution in [2.24, 2.45) is 0 Å². The van der Waals surface area contributed by atoms with E-state index in [2.05, 4.69) is 32.3 Å². The van der Waals surface area contributed by atoms with E-state index in [1.165, 1.54) is 5.56 Å². The maximum Gasteiger partial charge on any atom is 0.304 e. The van der Waals surface area contributed by atoms with Crippen molar-refractivity contribution in [2.45, 2.75) is 31.8 Å². The fourth-order valence-electron chi connectivity index (χ4n) is 2.20. The summed E-state index contributed by atoms with van der Waals surface area (Å²) >= 11 is 5.12. The summed E-state index contributed by atoms with van der Waals surface area (Å²) in [4.78, 5) is 13.0. The van der Waals surface area contributed by atoms with Gasteiger partial charge in [0.2, 0.25) is 0 Å². The van der Waals surface area contributed by atoms with Gasteiger partial charge in [0.15, 0.2) is 0 Å². The molecular weight excluding hydrogens is 290 g/mol. The second-order valence-electron chi connectivity index (χ2n) is 4.12. The Morgan fingerprint density at radius 1 is 1.69 bits per heavy atom. The topological polar surface area (TPSA) is 40.5 Å². The highest BCUT2D eigenvalue weighted by Crippen LogP contribution is 2.26. The minimum atomic E-state index is -0.691. The lowest BCUT2D eigenvalue weighted by Crippen LogP contribution is -2.30. The van der Waals surface area contributed by atoms with Crippen LogP contribution in [0.25, 0.3) is 0 Å². The molecule has 88 valence electrons. The Hall–Kier alpha value is -0.390. The number of carboxylic acids is 1. The first kappa shape index (κ1) is 12.1. The van der Waals surface area contributed by atoms with Crippen molar-refractivity contribution in [3.8, 4) is 0 Å². The first-order chi connectivity index (χ1) is 7.65. The third-order valence-corrected chi connectivity index (χ3v) is 4.47. The van der Waals surface area contributed by atoms with Crippen LogP contribution < -0.4 is 0 Å². The van der Waals surface area contributed by atoms with Crippen LogP contribution in [0.5, 0.6) is 0 Å². The first-order valence-corrected chi connectivity index (χ1v) is 7.01. The number of aliphatic carboxylic acids is 1. The number of hydrogen-bond acceptors (Lipinski definition) is 3. The van der Waals surface area contributed by atoms with E-state index in [0.29, 0.717) is 0 Å². The number of carbonyl (C=O) groups is 1. The van der Waals surface area contributed by atoms with E-state index >= 15 is 0 Å². The molecule has 0 radical (unpaired) electrons. The summed E-state index contributed by atoms with van der Waals surface area (Å²) in [7, 11) is 0. The normalized spacial score (nSPS) is 21.4. The third kappa shape index (κ3) is 3.06. The van der Waals surface area contributed by atoms with Crippen molar-refractivity contribution >= 4 is 33.2 Å². The molecule has 1 fully saturated rings. The number of halogens is 1. The van der Waals surface area contributed by atoms with Gasteiger partial charge in [0.25, 0.3) is 0 Å². The predicted octanol–water partition coefficient (Wildman–Crippen LogP) is 2.95. The lowest BCUT2D eigenvalue weighted by molar-refractivity contribution is -0.138. The first-order valence-electron chi connectivity index (χ1n) is 5.34. The predicted molar refractivity (Wildman–Crippen MR) is 67.7 cm³/mol. The molecule has 3 nitrogen and oxygen atoms in total. The smallest absolute Gasteiger partial charge is 0.304 e. The molecule has 5 heteroatoms. The minimum Gasteiger partial charge on any atom is -0.481 e. The van der Waals surface area contributed by atoms with E-state index in [1.54, 1.807) is 11.3 Å². The highest BCUT2D eigenvalue weighted by molar-refractivity contribution is 9.11. The average Bonchev–Trinajstić information content (AvgIpc) is 2.77. The van der Waals surface area contributed by atoms with E-state index in [0.717, 1.165) is 29.7 Å². The molecule has 0 aromatic carbocycles. The summed E-state index contributed by atoms with van der Waals surface area (Å²) in [6, 6.07) is 2.33. The molecule has 2 heterocycles. The van der Waals surface area contributed by atoms with Crippen molar-refractivity contribution in [2.75, 3.05) is 6.54 Å². The van der Waals surface area contributed by atoms with Crippen molar-refractivity contribution < 1.29 is 9.90 Å². The number of thiophene rings is 1. The number of nitrogens with zero attached hydrogens (tertiary/aromatic N) is 1. The van der Waals surface area contributed by atoms with E-state index < -0.39 is 5.97 Å². The monoisotopic (exact) mass is 303 g/mol. The summed E-state index contributed by atoms with van der Waals surface area (Å²) in [6.45, 7) is 1.89. The SMILES string of the molecule is O=C(O)CC1CCCN1Cc1csc(Br)c1. The highest BCUT2D eigenvalue weighted by Gasteiger charge is 2.26. The van der Waals surface area contributed by atoms with Crippen molar-refractivity contribution in [1.82, 2.24) is 4.90 Å². The summed E-state index contributed by atoms with van der Waals surface area (Å²) in [5.74, 6) is -0.691. The Balaban J connectivity index is 1.95. The van der Waals surface area contributed by atoms with Crippen LogP contribution in [0.2, 0.25) is 0 Å². The fraction of sp³-hybridized carbons (Fsp3) is 0.545. The Morgan fingerprint density at radius 2 is 2.50 bits per heavy atom. The Bertz CT molecular complexity index is 380. The van der Waals surface area contributed by atoms with E-state index in [9.17, 15) is 4.79 Å². The lowest BCUT2D eigenvalue weighted by atomic mass is 10.1. The molecule has 1 N–H and O–H groups in total. The minimum absolute atomic E-state index is 0.219. The zero-order valence-electron chi connectivity index (χ0n) is 8.86. The Kier molecular flexibility index (Phi) is 4.00. The zero-order chi connectivity index (χ0) is 11.5. The third-order valence-electron chi connectivity index (χ3n) is 2.92. The molecule has 0 amide bonds. The number of rotatable bonds is 4. The molecule has 0 spiro atoms. The van der Waals surface area contributed by atoms with Gasteiger partial charge in [-0.3, -0.25) is 9.69 Å². The second kappa shape index (κ2) is 5.29. The van der Waals surface area contributed by atoms with E-state index in [-0.39, 0.29) is 12.5 Å². The fourth-order valence-corrected chi connectivity index (χ4v) is 3.40. The van der Waals surface area contributed by atoms with Gasteiger partial charge in [0.1, 0.15) is 0 Å². The van der Waals surface area contributed by atoms with Gasteiger partial charge in [-0.15, -0.1) is 11.3 Å². The molecule has 2 rings (SSSR count). The number of hydrogen-bond donors (Lipinski definition) is 1. The molecule has 1 aromatic heterocycles. The molecule has 1 atom stereocenters. The molecule has 1 aromatic rings. The van der Waals surface area contributed by atoms with Crippen LogP contribution in [0.15, 0.2) is 15.2 Å². The van der Waals surface area contributed by atoms with Gasteiger partial charge in [-0.1, -0.05) is 0 Å². The zero-order valence-corrected chi connectivity index (χ0v) is 11.3. The van der Waals surface area contributed by atoms with Crippen LogP contribution in [0.3, 0.4) is 0 Å². The van der Waals surface area contributed by atoms with Crippen molar-refractivity contribution in [1.29, 1.82) is 0 Å². The van der Waals surface area contributed by atoms with Gasteiger partial charge < -0.3 is 5.11 Å². The summed E-state index contributed by atoms with van der Waals surface area (Å²) in [5.41, 5.74) is 1.27. The van der Waals surface area contributed by atoms with Crippen LogP contribution in [-0.4, -0.2) is 28.6 Å². The number of carboxylic acid groups (broad SMARTS) is 1. The van der Waals surface area contributed by atoms with Crippen LogP contribution >= 0.6 is 27.3 Å². The Labute approximate surface area is 107 Å². The number of likely N-dealkylation sites (tertiary alicyclic amines) is 1. The highest BCUT2D eigenvalue weighted by atomic mass is 79.9. The summed E-state index contributed by atoms with van der Waals surface area (Å²) in [6.07, 6.45) is 2.40. The van der Waals surface area contributed by atoms with Crippen LogP contribution in [0.4, 0.5) is 0 Å². The Morgan fingerprint density at radius 3 is 3.12 bits per heavy atom. The van der Waals surface area contributed by atoms with Gasteiger partial charge in [-0.05, 0) is 52.3 Å². The van der Waals surface area contributed by atoms with Gasteiger partial charge in [-0.25, -0.2) is 0 Å². The molecular formula is C11H14BrNO2S. The standard InChI is InChI=1S/C11H14BrNO2S/c12-10-4-8(7-16-10)6-13-3-1-2-9(13)5-11(14)15/h4,7,9H,1-3,5-6H2,(H,14,15). The quantitative estimate of drug-likeness (QED) is 0.930. The lowest BCUT2D eigenvalue weighted by Gasteiger charge is -2.22. The molecule has 1 unspecified atom stereocenters. The maximum absolute atomic E-state index is 10.7. The molecule has 1 aliphatic heterocycles. The van der Waals surface area contributed by atoms with Gasteiger partial charge in [-0.2, -0.15) is 0 Å². The van der Waals surface area contributed by atoms with Gasteiger partial charge >= 0.3 is 5.97 Å². The second-order valence-corrected chi connectivity index (χ2v) is 6.41. The van der Waals surface area contributed by atoms with Crippen LogP contribution in [0.1, 0.15) is 24.8 Å². The maximum atomic E-state index is 10.7. The van der Waals surface area contributed by atoms with Gasteiger partial charge in [0, 0.05) is 12.6 Å². The molecule has 1 aliphatic rings. The molecule has 16 heavy (non-hydrogen) atoms. The van der Waals surface area contributed by atoms with Crippen LogP contribution in [-0.2, 0) is 11.3 Å². The summed E-state index contributed by atoms with van der Waals surface area (Å²) < 4.78 is 1.14. The molecule has 0 saturated carbocycles. The van der Waals surface area contributed by atoms with Gasteiger partial charge in [0.05, 0.1) is 10.2 Å². The largest absolute Gasteiger partial charge is 0.481 e. The molecule has 0 bridgehead atoms. The van der Waals surface area contributed by atoms with E-state index in [1.807, 2.05) is 0 Å². The molecule has 0 aliphatic carbocycles. The summed E-state index contributed by atoms with van der Waals surface area (Å²) in [5, 5.41) is 11.0. The average molecular weight is 304 g/mol. The van der Waals surface area contributed by atoms with E-state index in [4.69, 9.17) is 5.11 Å².